The number of nitrogens with one attached hydrogen (secondary N) is 1. The first-order valence-electron chi connectivity index (χ1n) is 2.93. The second-order valence-electron chi connectivity index (χ2n) is 1.83. The van der Waals surface area contributed by atoms with E-state index < -0.39 is 17.3 Å². The van der Waals surface area contributed by atoms with Crippen molar-refractivity contribution in [2.75, 3.05) is 6.54 Å². The van der Waals surface area contributed by atoms with Crippen LogP contribution in [0, 0.1) is 0 Å². The average molecular weight is 228 g/mol. The molecule has 0 aromatic heterocycles. The van der Waals surface area contributed by atoms with Gasteiger partial charge in [0, 0.05) is 0 Å². The molecule has 2 nitrogen and oxygen atoms in total. The predicted molar refractivity (Wildman–Crippen MR) is 41.7 cm³/mol. The van der Waals surface area contributed by atoms with Gasteiger partial charge in [0.25, 0.3) is 0 Å². The summed E-state index contributed by atoms with van der Waals surface area (Å²) in [5.74, 6) is -0.522. The summed E-state index contributed by atoms with van der Waals surface area (Å²) in [6.45, 7) is 0.933. The van der Waals surface area contributed by atoms with Crippen molar-refractivity contribution in [1.29, 1.82) is 0 Å². The molecule has 0 atom stereocenters. The number of alkyl halides is 3. The van der Waals surface area contributed by atoms with Crippen LogP contribution >= 0.6 is 15.9 Å². The summed E-state index contributed by atoms with van der Waals surface area (Å²) < 4.78 is 24.0. The van der Waals surface area contributed by atoms with E-state index in [1.807, 2.05) is 5.32 Å². The Labute approximate surface area is 71.8 Å². The van der Waals surface area contributed by atoms with E-state index in [2.05, 4.69) is 15.9 Å². The molecule has 0 spiro atoms. The predicted octanol–water partition coefficient (Wildman–Crippen LogP) is 1.67. The first-order valence-corrected chi connectivity index (χ1v) is 3.72. The summed E-state index contributed by atoms with van der Waals surface area (Å²) in [5.41, 5.74) is 0. The van der Waals surface area contributed by atoms with E-state index in [0.29, 0.717) is 0 Å². The monoisotopic (exact) mass is 227 g/mol. The summed E-state index contributed by atoms with van der Waals surface area (Å²) in [4.78, 5) is 7.51. The summed E-state index contributed by atoms with van der Waals surface area (Å²) in [6, 6.07) is 0. The lowest BCUT2D eigenvalue weighted by Crippen LogP contribution is -2.31. The third-order valence-corrected chi connectivity index (χ3v) is 1.06. The lowest BCUT2D eigenvalue weighted by molar-refractivity contribution is -0.117. The molecule has 64 valence electrons. The molecule has 11 heavy (non-hydrogen) atoms. The summed E-state index contributed by atoms with van der Waals surface area (Å²) in [6.07, 6.45) is 2.65. The summed E-state index contributed by atoms with van der Waals surface area (Å²) in [7, 11) is 0. The number of carbonyl (C=O) groups is 1. The fraction of sp³-hybridized carbons (Fsp3) is 0.500. The molecule has 0 heterocycles. The number of amides is 1. The van der Waals surface area contributed by atoms with Crippen LogP contribution in [0.3, 0.4) is 0 Å². The van der Waals surface area contributed by atoms with Gasteiger partial charge in [-0.15, -0.1) is 0 Å². The zero-order valence-corrected chi connectivity index (χ0v) is 7.49. The van der Waals surface area contributed by atoms with Crippen LogP contribution in [0.1, 0.15) is 6.92 Å². The van der Waals surface area contributed by atoms with Gasteiger partial charge < -0.3 is 5.32 Å². The SMILES string of the molecule is C/C=C/C(=O)NCC(F)(F)Br. The van der Waals surface area contributed by atoms with Crippen molar-refractivity contribution in [3.63, 3.8) is 0 Å². The molecule has 0 rings (SSSR count). The molecule has 0 aromatic carbocycles. The Kier molecular flexibility index (Phi) is 4.25. The zero-order valence-electron chi connectivity index (χ0n) is 5.90. The molecule has 0 saturated heterocycles. The van der Waals surface area contributed by atoms with E-state index in [0.717, 1.165) is 0 Å². The van der Waals surface area contributed by atoms with Crippen LogP contribution in [0.15, 0.2) is 12.2 Å². The van der Waals surface area contributed by atoms with Crippen LogP contribution in [-0.4, -0.2) is 17.3 Å². The molecule has 1 N–H and O–H groups in total. The average Bonchev–Trinajstić information content (AvgIpc) is 1.83. The van der Waals surface area contributed by atoms with Gasteiger partial charge in [-0.3, -0.25) is 4.79 Å². The highest BCUT2D eigenvalue weighted by Crippen LogP contribution is 2.19. The lowest BCUT2D eigenvalue weighted by Gasteiger charge is -2.07. The molecule has 0 aliphatic heterocycles. The quantitative estimate of drug-likeness (QED) is 0.577. The van der Waals surface area contributed by atoms with E-state index in [-0.39, 0.29) is 0 Å². The minimum absolute atomic E-state index is 0.522. The van der Waals surface area contributed by atoms with Gasteiger partial charge in [0.1, 0.15) is 0 Å². The van der Waals surface area contributed by atoms with Crippen LogP contribution in [0.2, 0.25) is 0 Å². The maximum atomic E-state index is 12.0. The highest BCUT2D eigenvalue weighted by molar-refractivity contribution is 9.10. The minimum atomic E-state index is -3.02. The Morgan fingerprint density at radius 1 is 1.73 bits per heavy atom. The highest BCUT2D eigenvalue weighted by Gasteiger charge is 2.23. The van der Waals surface area contributed by atoms with E-state index in [1.54, 1.807) is 6.92 Å². The van der Waals surface area contributed by atoms with Crippen molar-refractivity contribution in [3.8, 4) is 0 Å². The van der Waals surface area contributed by atoms with E-state index in [4.69, 9.17) is 0 Å². The van der Waals surface area contributed by atoms with Gasteiger partial charge in [-0.05, 0) is 28.9 Å². The third-order valence-electron chi connectivity index (χ3n) is 0.781. The molecule has 1 amide bonds. The Bertz CT molecular complexity index is 164. The molecule has 0 bridgehead atoms. The van der Waals surface area contributed by atoms with Gasteiger partial charge in [0.15, 0.2) is 0 Å². The molecular formula is C6H8BrF2NO. The van der Waals surface area contributed by atoms with Crippen molar-refractivity contribution in [3.05, 3.63) is 12.2 Å². The molecule has 0 aliphatic carbocycles. The molecular weight excluding hydrogens is 220 g/mol. The fourth-order valence-electron chi connectivity index (χ4n) is 0.398. The van der Waals surface area contributed by atoms with Crippen molar-refractivity contribution in [2.45, 2.75) is 11.8 Å². The van der Waals surface area contributed by atoms with Gasteiger partial charge in [-0.1, -0.05) is 6.08 Å². The first-order chi connectivity index (χ1) is 4.95. The van der Waals surface area contributed by atoms with Gasteiger partial charge in [-0.2, -0.15) is 8.78 Å². The molecule has 5 heteroatoms. The first kappa shape index (κ1) is 10.6. The van der Waals surface area contributed by atoms with Gasteiger partial charge in [-0.25, -0.2) is 0 Å². The van der Waals surface area contributed by atoms with E-state index in [1.165, 1.54) is 12.2 Å². The number of hydrogen-bond acceptors (Lipinski definition) is 1. The van der Waals surface area contributed by atoms with Crippen LogP contribution in [0.4, 0.5) is 8.78 Å². The van der Waals surface area contributed by atoms with Crippen LogP contribution in [0.25, 0.3) is 0 Å². The fourth-order valence-corrected chi connectivity index (χ4v) is 0.538. The molecule has 0 unspecified atom stereocenters. The minimum Gasteiger partial charge on any atom is -0.346 e. The lowest BCUT2D eigenvalue weighted by atomic mass is 10.5. The van der Waals surface area contributed by atoms with E-state index in [9.17, 15) is 13.6 Å². The van der Waals surface area contributed by atoms with Crippen molar-refractivity contribution in [2.24, 2.45) is 0 Å². The number of hydrogen-bond donors (Lipinski definition) is 1. The second kappa shape index (κ2) is 4.43. The Hall–Kier alpha value is -0.450. The molecule has 0 aromatic rings. The van der Waals surface area contributed by atoms with Gasteiger partial charge >= 0.3 is 4.83 Å². The highest BCUT2D eigenvalue weighted by atomic mass is 79.9. The number of carbonyl (C=O) groups excluding carboxylic acids is 1. The smallest absolute Gasteiger partial charge is 0.318 e. The maximum Gasteiger partial charge on any atom is 0.318 e. The maximum absolute atomic E-state index is 12.0. The number of halogens is 3. The normalized spacial score (nSPS) is 12.0. The Balaban J connectivity index is 3.63. The molecule has 0 aliphatic rings. The van der Waals surface area contributed by atoms with Crippen LogP contribution < -0.4 is 5.32 Å². The van der Waals surface area contributed by atoms with Crippen molar-refractivity contribution >= 4 is 21.8 Å². The summed E-state index contributed by atoms with van der Waals surface area (Å²) >= 11 is 2.09. The Morgan fingerprint density at radius 2 is 2.27 bits per heavy atom. The topological polar surface area (TPSA) is 29.1 Å². The van der Waals surface area contributed by atoms with Gasteiger partial charge in [0.05, 0.1) is 6.54 Å². The van der Waals surface area contributed by atoms with Gasteiger partial charge in [0.2, 0.25) is 5.91 Å². The third kappa shape index (κ3) is 7.45. The number of allylic oxidation sites excluding steroid dienone is 1. The standard InChI is InChI=1S/C6H8BrF2NO/c1-2-3-5(11)10-4-6(7,8)9/h2-3H,4H2,1H3,(H,10,11)/b3-2+. The van der Waals surface area contributed by atoms with Crippen LogP contribution in [0.5, 0.6) is 0 Å². The molecule has 0 saturated carbocycles. The zero-order chi connectivity index (χ0) is 8.91. The van der Waals surface area contributed by atoms with Crippen LogP contribution in [-0.2, 0) is 4.79 Å². The largest absolute Gasteiger partial charge is 0.346 e. The Morgan fingerprint density at radius 3 is 2.64 bits per heavy atom. The van der Waals surface area contributed by atoms with E-state index >= 15 is 0 Å². The molecule has 0 fully saturated rings. The molecule has 0 radical (unpaired) electrons. The summed E-state index contributed by atoms with van der Waals surface area (Å²) in [5, 5.41) is 2.00. The van der Waals surface area contributed by atoms with Crippen molar-refractivity contribution < 1.29 is 13.6 Å². The second-order valence-corrected chi connectivity index (χ2v) is 2.99. The van der Waals surface area contributed by atoms with Crippen molar-refractivity contribution in [1.82, 2.24) is 5.32 Å². The number of rotatable bonds is 3.